The molecule has 0 aliphatic heterocycles. The number of hydrogen-bond acceptors (Lipinski definition) is 3. The van der Waals surface area contributed by atoms with Gasteiger partial charge in [0.1, 0.15) is 24.4 Å². The minimum Gasteiger partial charge on any atom is -0.497 e. The molecule has 0 radical (unpaired) electrons. The van der Waals surface area contributed by atoms with Gasteiger partial charge in [-0.1, -0.05) is 30.3 Å². The van der Waals surface area contributed by atoms with Crippen molar-refractivity contribution in [2.75, 3.05) is 14.2 Å². The van der Waals surface area contributed by atoms with E-state index in [4.69, 9.17) is 9.15 Å². The summed E-state index contributed by atoms with van der Waals surface area (Å²) in [5.74, 6) is 0.683. The van der Waals surface area contributed by atoms with Gasteiger partial charge in [0.05, 0.1) is 14.2 Å². The van der Waals surface area contributed by atoms with Gasteiger partial charge in [0.25, 0.3) is 0 Å². The Balaban J connectivity index is 1.88. The molecule has 118 valence electrons. The van der Waals surface area contributed by atoms with Crippen LogP contribution < -0.4 is 15.3 Å². The Hall–Kier alpha value is -2.59. The van der Waals surface area contributed by atoms with Gasteiger partial charge >= 0.3 is 5.63 Å². The maximum Gasteiger partial charge on any atom is 0.336 e. The first-order chi connectivity index (χ1) is 11.2. The second kappa shape index (κ2) is 6.67. The number of quaternary nitrogens is 1. The predicted octanol–water partition coefficient (Wildman–Crippen LogP) is 2.02. The zero-order valence-corrected chi connectivity index (χ0v) is 13.3. The first-order valence-electron chi connectivity index (χ1n) is 7.62. The van der Waals surface area contributed by atoms with E-state index in [1.54, 1.807) is 19.2 Å². The topological polar surface area (TPSA) is 43.9 Å². The lowest BCUT2D eigenvalue weighted by Gasteiger charge is -2.15. The highest BCUT2D eigenvalue weighted by atomic mass is 16.5. The van der Waals surface area contributed by atoms with Crippen molar-refractivity contribution < 1.29 is 14.1 Å². The average molecular weight is 310 g/mol. The van der Waals surface area contributed by atoms with Gasteiger partial charge in [0.15, 0.2) is 0 Å². The van der Waals surface area contributed by atoms with Crippen molar-refractivity contribution in [3.05, 3.63) is 76.1 Å². The molecule has 0 spiro atoms. The van der Waals surface area contributed by atoms with Crippen molar-refractivity contribution in [1.29, 1.82) is 0 Å². The van der Waals surface area contributed by atoms with Gasteiger partial charge < -0.3 is 14.1 Å². The minimum absolute atomic E-state index is 0.326. The summed E-state index contributed by atoms with van der Waals surface area (Å²) < 4.78 is 10.5. The summed E-state index contributed by atoms with van der Waals surface area (Å²) in [5, 5.41) is 0.956. The number of fused-ring (bicyclic) bond motifs is 1. The van der Waals surface area contributed by atoms with Gasteiger partial charge in [0.2, 0.25) is 0 Å². The quantitative estimate of drug-likeness (QED) is 0.733. The molecule has 1 atom stereocenters. The van der Waals surface area contributed by atoms with Gasteiger partial charge in [-0.15, -0.1) is 0 Å². The molecule has 0 fully saturated rings. The van der Waals surface area contributed by atoms with Crippen LogP contribution >= 0.6 is 0 Å². The molecule has 1 heterocycles. The molecule has 1 N–H and O–H groups in total. The second-order valence-corrected chi connectivity index (χ2v) is 5.75. The number of rotatable bonds is 5. The lowest BCUT2D eigenvalue weighted by Crippen LogP contribution is -3.06. The number of benzene rings is 2. The fourth-order valence-corrected chi connectivity index (χ4v) is 2.82. The van der Waals surface area contributed by atoms with E-state index in [2.05, 4.69) is 19.2 Å². The van der Waals surface area contributed by atoms with Crippen molar-refractivity contribution in [3.8, 4) is 5.75 Å². The summed E-state index contributed by atoms with van der Waals surface area (Å²) in [6.07, 6.45) is 0. The smallest absolute Gasteiger partial charge is 0.336 e. The van der Waals surface area contributed by atoms with E-state index in [-0.39, 0.29) is 5.63 Å². The Morgan fingerprint density at radius 3 is 2.57 bits per heavy atom. The van der Waals surface area contributed by atoms with Crippen molar-refractivity contribution in [3.63, 3.8) is 0 Å². The Labute approximate surface area is 134 Å². The Kier molecular flexibility index (Phi) is 4.44. The maximum atomic E-state index is 11.8. The SMILES string of the molecule is COc1ccc2c(C[NH+](C)Cc3ccccc3)cc(=O)oc2c1. The Morgan fingerprint density at radius 2 is 1.83 bits per heavy atom. The lowest BCUT2D eigenvalue weighted by atomic mass is 10.1. The zero-order valence-electron chi connectivity index (χ0n) is 13.3. The van der Waals surface area contributed by atoms with E-state index in [1.807, 2.05) is 30.3 Å². The van der Waals surface area contributed by atoms with Crippen LogP contribution in [0.4, 0.5) is 0 Å². The first-order valence-corrected chi connectivity index (χ1v) is 7.62. The number of nitrogens with one attached hydrogen (secondary N) is 1. The Morgan fingerprint density at radius 1 is 1.04 bits per heavy atom. The molecule has 0 amide bonds. The van der Waals surface area contributed by atoms with Crippen LogP contribution in [-0.4, -0.2) is 14.2 Å². The van der Waals surface area contributed by atoms with Gasteiger partial charge in [-0.25, -0.2) is 4.79 Å². The minimum atomic E-state index is -0.326. The molecule has 0 bridgehead atoms. The number of hydrogen-bond donors (Lipinski definition) is 1. The normalized spacial score (nSPS) is 12.3. The summed E-state index contributed by atoms with van der Waals surface area (Å²) >= 11 is 0. The molecule has 0 saturated carbocycles. The van der Waals surface area contributed by atoms with Crippen LogP contribution in [0.1, 0.15) is 11.1 Å². The molecule has 0 aliphatic carbocycles. The van der Waals surface area contributed by atoms with Crippen LogP contribution in [0.5, 0.6) is 5.75 Å². The van der Waals surface area contributed by atoms with Crippen LogP contribution in [0.3, 0.4) is 0 Å². The molecule has 0 aliphatic rings. The molecule has 3 rings (SSSR count). The molecule has 1 unspecified atom stereocenters. The Bertz CT molecular complexity index is 855. The van der Waals surface area contributed by atoms with Gasteiger partial charge in [-0.05, 0) is 12.1 Å². The van der Waals surface area contributed by atoms with E-state index in [1.165, 1.54) is 10.5 Å². The van der Waals surface area contributed by atoms with Gasteiger partial charge in [0, 0.05) is 28.6 Å². The summed E-state index contributed by atoms with van der Waals surface area (Å²) in [6.45, 7) is 1.65. The third kappa shape index (κ3) is 3.60. The van der Waals surface area contributed by atoms with Crippen molar-refractivity contribution in [1.82, 2.24) is 0 Å². The monoisotopic (exact) mass is 310 g/mol. The van der Waals surface area contributed by atoms with Gasteiger partial charge in [-0.3, -0.25) is 0 Å². The summed E-state index contributed by atoms with van der Waals surface area (Å²) in [5.41, 5.74) is 2.51. The predicted molar refractivity (Wildman–Crippen MR) is 89.8 cm³/mol. The lowest BCUT2D eigenvalue weighted by molar-refractivity contribution is -0.907. The maximum absolute atomic E-state index is 11.8. The van der Waals surface area contributed by atoms with Crippen molar-refractivity contribution in [2.45, 2.75) is 13.1 Å². The van der Waals surface area contributed by atoms with Crippen LogP contribution in [0.25, 0.3) is 11.0 Å². The molecular formula is C19H20NO3+. The largest absolute Gasteiger partial charge is 0.497 e. The van der Waals surface area contributed by atoms with Gasteiger partial charge in [-0.2, -0.15) is 0 Å². The van der Waals surface area contributed by atoms with Crippen LogP contribution in [-0.2, 0) is 13.1 Å². The highest BCUT2D eigenvalue weighted by Crippen LogP contribution is 2.22. The molecule has 1 aromatic heterocycles. The third-order valence-electron chi connectivity index (χ3n) is 3.88. The van der Waals surface area contributed by atoms with Crippen LogP contribution in [0.15, 0.2) is 63.8 Å². The molecule has 23 heavy (non-hydrogen) atoms. The summed E-state index contributed by atoms with van der Waals surface area (Å²) in [4.78, 5) is 13.1. The first kappa shape index (κ1) is 15.3. The van der Waals surface area contributed by atoms with Crippen molar-refractivity contribution >= 4 is 11.0 Å². The number of methoxy groups -OCH3 is 1. The van der Waals surface area contributed by atoms with Crippen LogP contribution in [0.2, 0.25) is 0 Å². The highest BCUT2D eigenvalue weighted by Gasteiger charge is 2.12. The van der Waals surface area contributed by atoms with E-state index in [0.717, 1.165) is 24.0 Å². The molecule has 2 aromatic carbocycles. The molecular weight excluding hydrogens is 290 g/mol. The molecule has 0 saturated heterocycles. The molecule has 3 aromatic rings. The van der Waals surface area contributed by atoms with E-state index < -0.39 is 0 Å². The average Bonchev–Trinajstić information content (AvgIpc) is 2.54. The number of ether oxygens (including phenoxy) is 1. The fourth-order valence-electron chi connectivity index (χ4n) is 2.82. The second-order valence-electron chi connectivity index (χ2n) is 5.75. The zero-order chi connectivity index (χ0) is 16.2. The fraction of sp³-hybridized carbons (Fsp3) is 0.211. The van der Waals surface area contributed by atoms with Crippen molar-refractivity contribution in [2.24, 2.45) is 0 Å². The molecule has 4 heteroatoms. The van der Waals surface area contributed by atoms with E-state index in [0.29, 0.717) is 11.3 Å². The summed E-state index contributed by atoms with van der Waals surface area (Å²) in [7, 11) is 3.72. The van der Waals surface area contributed by atoms with E-state index in [9.17, 15) is 4.79 Å². The van der Waals surface area contributed by atoms with Crippen LogP contribution in [0, 0.1) is 0 Å². The highest BCUT2D eigenvalue weighted by molar-refractivity contribution is 5.81. The third-order valence-corrected chi connectivity index (χ3v) is 3.88. The molecule has 4 nitrogen and oxygen atoms in total. The standard InChI is InChI=1S/C19H19NO3/c1-20(12-14-6-4-3-5-7-14)13-15-10-19(21)23-18-11-16(22-2)8-9-17(15)18/h3-11H,12-13H2,1-2H3/p+1. The summed E-state index contributed by atoms with van der Waals surface area (Å²) in [6, 6.07) is 17.5. The van der Waals surface area contributed by atoms with E-state index >= 15 is 0 Å².